The van der Waals surface area contributed by atoms with Crippen molar-refractivity contribution < 1.29 is 0 Å². The zero-order valence-electron chi connectivity index (χ0n) is 10.1. The van der Waals surface area contributed by atoms with Gasteiger partial charge in [-0.25, -0.2) is 0 Å². The van der Waals surface area contributed by atoms with Crippen LogP contribution in [0.5, 0.6) is 0 Å². The molecule has 2 aromatic rings. The van der Waals surface area contributed by atoms with Gasteiger partial charge in [-0.2, -0.15) is 0 Å². The number of thiophene rings is 1. The molecule has 4 heteroatoms. The van der Waals surface area contributed by atoms with E-state index in [-0.39, 0.29) is 6.04 Å². The van der Waals surface area contributed by atoms with E-state index in [9.17, 15) is 0 Å². The summed E-state index contributed by atoms with van der Waals surface area (Å²) >= 11 is 13.9. The van der Waals surface area contributed by atoms with E-state index in [1.54, 1.807) is 11.3 Å². The summed E-state index contributed by atoms with van der Waals surface area (Å²) in [6, 6.07) is 12.2. The molecule has 0 aliphatic rings. The molecular weight excluding hydrogens is 285 g/mol. The van der Waals surface area contributed by atoms with Crippen LogP contribution in [0.4, 0.5) is 0 Å². The molecule has 0 amide bonds. The summed E-state index contributed by atoms with van der Waals surface area (Å²) in [6.45, 7) is 3.01. The number of hydrogen-bond donors (Lipinski definition) is 1. The summed E-state index contributed by atoms with van der Waals surface area (Å²) in [5.41, 5.74) is 1.14. The van der Waals surface area contributed by atoms with E-state index in [1.165, 1.54) is 4.88 Å². The molecule has 2 rings (SSSR count). The Labute approximate surface area is 122 Å². The molecular formula is C14H15Cl2NS. The van der Waals surface area contributed by atoms with Crippen LogP contribution in [0.25, 0.3) is 0 Å². The van der Waals surface area contributed by atoms with Crippen molar-refractivity contribution in [3.8, 4) is 0 Å². The largest absolute Gasteiger partial charge is 0.310 e. The highest BCUT2D eigenvalue weighted by atomic mass is 35.5. The van der Waals surface area contributed by atoms with Crippen molar-refractivity contribution in [3.63, 3.8) is 0 Å². The summed E-state index contributed by atoms with van der Waals surface area (Å²) in [6.07, 6.45) is 0.912. The Bertz CT molecular complexity index is 510. The third-order valence-electron chi connectivity index (χ3n) is 2.77. The van der Waals surface area contributed by atoms with E-state index in [0.717, 1.165) is 27.9 Å². The Morgan fingerprint density at radius 3 is 2.56 bits per heavy atom. The Morgan fingerprint density at radius 1 is 1.17 bits per heavy atom. The second kappa shape index (κ2) is 6.58. The van der Waals surface area contributed by atoms with Crippen molar-refractivity contribution >= 4 is 34.5 Å². The average molecular weight is 300 g/mol. The Balaban J connectivity index is 2.20. The van der Waals surface area contributed by atoms with Crippen molar-refractivity contribution in [2.45, 2.75) is 19.4 Å². The molecule has 1 aromatic carbocycles. The van der Waals surface area contributed by atoms with Crippen LogP contribution in [0.15, 0.2) is 36.4 Å². The molecule has 1 heterocycles. The van der Waals surface area contributed by atoms with Gasteiger partial charge in [-0.1, -0.05) is 48.3 Å². The normalized spacial score (nSPS) is 12.6. The first kappa shape index (κ1) is 13.9. The van der Waals surface area contributed by atoms with Gasteiger partial charge in [0.05, 0.1) is 4.34 Å². The molecule has 0 aliphatic heterocycles. The lowest BCUT2D eigenvalue weighted by molar-refractivity contribution is 0.553. The molecule has 0 radical (unpaired) electrons. The lowest BCUT2D eigenvalue weighted by Gasteiger charge is -2.18. The number of hydrogen-bond acceptors (Lipinski definition) is 2. The topological polar surface area (TPSA) is 12.0 Å². The maximum Gasteiger partial charge on any atom is 0.0931 e. The molecule has 0 bridgehead atoms. The fourth-order valence-corrected chi connectivity index (χ4v) is 3.36. The minimum atomic E-state index is 0.235. The molecule has 1 atom stereocenters. The molecule has 96 valence electrons. The second-order valence-corrected chi connectivity index (χ2v) is 6.25. The van der Waals surface area contributed by atoms with Gasteiger partial charge < -0.3 is 5.32 Å². The SMILES string of the molecule is CCNC(Cc1ccc(Cl)s1)c1ccccc1Cl. The van der Waals surface area contributed by atoms with Gasteiger partial charge in [0.2, 0.25) is 0 Å². The third kappa shape index (κ3) is 3.48. The standard InChI is InChI=1S/C14H15Cl2NS/c1-2-17-13(9-10-7-8-14(16)18-10)11-5-3-4-6-12(11)15/h3-8,13,17H,2,9H2,1H3. The third-order valence-corrected chi connectivity index (χ3v) is 4.36. The summed E-state index contributed by atoms with van der Waals surface area (Å²) < 4.78 is 0.833. The maximum atomic E-state index is 6.26. The van der Waals surface area contributed by atoms with Crippen LogP contribution in [0, 0.1) is 0 Å². The first-order valence-electron chi connectivity index (χ1n) is 5.92. The molecule has 1 N–H and O–H groups in total. The Kier molecular flexibility index (Phi) is 5.07. The van der Waals surface area contributed by atoms with Crippen molar-refractivity contribution in [1.29, 1.82) is 0 Å². The minimum Gasteiger partial charge on any atom is -0.310 e. The van der Waals surface area contributed by atoms with Gasteiger partial charge in [-0.3, -0.25) is 0 Å². The van der Waals surface area contributed by atoms with E-state index in [4.69, 9.17) is 23.2 Å². The summed E-state index contributed by atoms with van der Waals surface area (Å²) in [4.78, 5) is 1.27. The van der Waals surface area contributed by atoms with Gasteiger partial charge >= 0.3 is 0 Å². The predicted octanol–water partition coefficient (Wildman–Crippen LogP) is 4.95. The quantitative estimate of drug-likeness (QED) is 0.824. The highest BCUT2D eigenvalue weighted by Crippen LogP contribution is 2.29. The molecule has 0 fully saturated rings. The molecule has 1 unspecified atom stereocenters. The van der Waals surface area contributed by atoms with Crippen molar-refractivity contribution in [1.82, 2.24) is 5.32 Å². The lowest BCUT2D eigenvalue weighted by atomic mass is 10.0. The van der Waals surface area contributed by atoms with Gasteiger partial charge in [0.15, 0.2) is 0 Å². The highest BCUT2D eigenvalue weighted by molar-refractivity contribution is 7.16. The van der Waals surface area contributed by atoms with E-state index in [2.05, 4.69) is 24.4 Å². The van der Waals surface area contributed by atoms with Gasteiger partial charge in [-0.15, -0.1) is 11.3 Å². The molecule has 1 aromatic heterocycles. The highest BCUT2D eigenvalue weighted by Gasteiger charge is 2.14. The van der Waals surface area contributed by atoms with Crippen LogP contribution < -0.4 is 5.32 Å². The minimum absolute atomic E-state index is 0.235. The first-order valence-corrected chi connectivity index (χ1v) is 7.50. The first-order chi connectivity index (χ1) is 8.70. The lowest BCUT2D eigenvalue weighted by Crippen LogP contribution is -2.22. The fourth-order valence-electron chi connectivity index (χ4n) is 1.96. The average Bonchev–Trinajstić information content (AvgIpc) is 2.75. The van der Waals surface area contributed by atoms with Crippen LogP contribution in [0.3, 0.4) is 0 Å². The molecule has 0 saturated carbocycles. The predicted molar refractivity (Wildman–Crippen MR) is 80.9 cm³/mol. The Hall–Kier alpha value is -0.540. The smallest absolute Gasteiger partial charge is 0.0931 e. The number of benzene rings is 1. The zero-order valence-corrected chi connectivity index (χ0v) is 12.4. The molecule has 0 aliphatic carbocycles. The fraction of sp³-hybridized carbons (Fsp3) is 0.286. The maximum absolute atomic E-state index is 6.26. The molecule has 1 nitrogen and oxygen atoms in total. The van der Waals surface area contributed by atoms with Crippen molar-refractivity contribution in [2.24, 2.45) is 0 Å². The van der Waals surface area contributed by atoms with Crippen LogP contribution >= 0.6 is 34.5 Å². The summed E-state index contributed by atoms with van der Waals surface area (Å²) in [7, 11) is 0. The van der Waals surface area contributed by atoms with E-state index in [0.29, 0.717) is 0 Å². The molecule has 18 heavy (non-hydrogen) atoms. The molecule has 0 spiro atoms. The number of halogens is 2. The van der Waals surface area contributed by atoms with E-state index >= 15 is 0 Å². The van der Waals surface area contributed by atoms with Crippen LogP contribution in [0.1, 0.15) is 23.4 Å². The molecule has 0 saturated heterocycles. The zero-order chi connectivity index (χ0) is 13.0. The van der Waals surface area contributed by atoms with Crippen LogP contribution in [0.2, 0.25) is 9.36 Å². The van der Waals surface area contributed by atoms with Crippen molar-refractivity contribution in [3.05, 3.63) is 56.2 Å². The second-order valence-electron chi connectivity index (χ2n) is 4.04. The summed E-state index contributed by atoms with van der Waals surface area (Å²) in [5, 5.41) is 4.29. The monoisotopic (exact) mass is 299 g/mol. The number of likely N-dealkylation sites (N-methyl/N-ethyl adjacent to an activating group) is 1. The number of rotatable bonds is 5. The van der Waals surface area contributed by atoms with E-state index < -0.39 is 0 Å². The van der Waals surface area contributed by atoms with E-state index in [1.807, 2.05) is 24.3 Å². The Morgan fingerprint density at radius 2 is 1.94 bits per heavy atom. The number of nitrogens with one attached hydrogen (secondary N) is 1. The van der Waals surface area contributed by atoms with Crippen LogP contribution in [-0.4, -0.2) is 6.54 Å². The van der Waals surface area contributed by atoms with Gasteiger partial charge in [0, 0.05) is 22.4 Å². The van der Waals surface area contributed by atoms with Gasteiger partial charge in [-0.05, 0) is 30.3 Å². The van der Waals surface area contributed by atoms with Crippen LogP contribution in [-0.2, 0) is 6.42 Å². The van der Waals surface area contributed by atoms with Gasteiger partial charge in [0.1, 0.15) is 0 Å². The summed E-state index contributed by atoms with van der Waals surface area (Å²) in [5.74, 6) is 0. The van der Waals surface area contributed by atoms with Gasteiger partial charge in [0.25, 0.3) is 0 Å². The van der Waals surface area contributed by atoms with Crippen molar-refractivity contribution in [2.75, 3.05) is 6.54 Å².